The second-order valence-corrected chi connectivity index (χ2v) is 2.67. The van der Waals surface area contributed by atoms with E-state index in [2.05, 4.69) is 4.74 Å². The van der Waals surface area contributed by atoms with Gasteiger partial charge in [0.2, 0.25) is 0 Å². The first-order valence-corrected chi connectivity index (χ1v) is 3.46. The van der Waals surface area contributed by atoms with E-state index in [0.29, 0.717) is 12.3 Å². The molecule has 1 atom stereocenters. The first kappa shape index (κ1) is 7.51. The van der Waals surface area contributed by atoms with Crippen molar-refractivity contribution >= 4 is 5.97 Å². The minimum absolute atomic E-state index is 0.354. The van der Waals surface area contributed by atoms with Crippen LogP contribution >= 0.6 is 0 Å². The summed E-state index contributed by atoms with van der Waals surface area (Å²) in [4.78, 5) is 10.5. The molecule has 0 N–H and O–H groups in total. The van der Waals surface area contributed by atoms with Crippen LogP contribution in [0.1, 0.15) is 19.3 Å². The first-order chi connectivity index (χ1) is 4.74. The molecule has 0 aliphatic heterocycles. The normalized spacial score (nSPS) is 20.2. The van der Waals surface area contributed by atoms with E-state index < -0.39 is 12.1 Å². The monoisotopic (exact) mass is 146 g/mol. The number of hydrogen-bond donors (Lipinski definition) is 0. The summed E-state index contributed by atoms with van der Waals surface area (Å²) in [5.41, 5.74) is 0. The number of alkyl halides is 1. The van der Waals surface area contributed by atoms with Crippen LogP contribution in [0.25, 0.3) is 0 Å². The topological polar surface area (TPSA) is 26.3 Å². The van der Waals surface area contributed by atoms with Crippen molar-refractivity contribution in [1.82, 2.24) is 0 Å². The lowest BCUT2D eigenvalue weighted by Crippen LogP contribution is -2.17. The second kappa shape index (κ2) is 2.99. The Kier molecular flexibility index (Phi) is 2.25. The molecular weight excluding hydrogens is 135 g/mol. The van der Waals surface area contributed by atoms with Gasteiger partial charge in [-0.1, -0.05) is 12.8 Å². The number of hydrogen-bond acceptors (Lipinski definition) is 2. The molecule has 1 aliphatic carbocycles. The molecule has 0 radical (unpaired) electrons. The van der Waals surface area contributed by atoms with Crippen LogP contribution in [0.15, 0.2) is 0 Å². The van der Waals surface area contributed by atoms with E-state index in [0.717, 1.165) is 12.8 Å². The summed E-state index contributed by atoms with van der Waals surface area (Å²) in [6, 6.07) is 0. The summed E-state index contributed by atoms with van der Waals surface area (Å²) < 4.78 is 16.8. The molecule has 1 rings (SSSR count). The van der Waals surface area contributed by atoms with E-state index in [1.165, 1.54) is 7.11 Å². The maximum Gasteiger partial charge on any atom is 0.340 e. The molecule has 0 spiro atoms. The fourth-order valence-electron chi connectivity index (χ4n) is 0.870. The molecule has 0 aromatic rings. The average molecular weight is 146 g/mol. The van der Waals surface area contributed by atoms with Crippen molar-refractivity contribution in [1.29, 1.82) is 0 Å². The Morgan fingerprint density at radius 3 is 2.80 bits per heavy atom. The van der Waals surface area contributed by atoms with E-state index in [9.17, 15) is 9.18 Å². The maximum absolute atomic E-state index is 12.6. The lowest BCUT2D eigenvalue weighted by atomic mass is 10.2. The highest BCUT2D eigenvalue weighted by atomic mass is 19.1. The Balaban J connectivity index is 2.18. The largest absolute Gasteiger partial charge is 0.467 e. The van der Waals surface area contributed by atoms with Crippen molar-refractivity contribution in [2.75, 3.05) is 7.11 Å². The van der Waals surface area contributed by atoms with Gasteiger partial charge in [0.15, 0.2) is 6.17 Å². The lowest BCUT2D eigenvalue weighted by molar-refractivity contribution is -0.146. The number of carbonyl (C=O) groups excluding carboxylic acids is 1. The zero-order valence-corrected chi connectivity index (χ0v) is 5.97. The minimum Gasteiger partial charge on any atom is -0.467 e. The Bertz CT molecular complexity index is 132. The Morgan fingerprint density at radius 1 is 1.80 bits per heavy atom. The summed E-state index contributed by atoms with van der Waals surface area (Å²) in [6.07, 6.45) is 1.10. The predicted octanol–water partition coefficient (Wildman–Crippen LogP) is 1.30. The van der Waals surface area contributed by atoms with Gasteiger partial charge in [0.25, 0.3) is 0 Å². The molecule has 58 valence electrons. The average Bonchev–Trinajstić information content (AvgIpc) is 2.70. The predicted molar refractivity (Wildman–Crippen MR) is 34.3 cm³/mol. The van der Waals surface area contributed by atoms with Crippen LogP contribution in [-0.2, 0) is 9.53 Å². The van der Waals surface area contributed by atoms with Crippen LogP contribution in [0.2, 0.25) is 0 Å². The third-order valence-corrected chi connectivity index (χ3v) is 1.69. The Morgan fingerprint density at radius 2 is 2.40 bits per heavy atom. The molecule has 0 bridgehead atoms. The lowest BCUT2D eigenvalue weighted by Gasteiger charge is -2.02. The summed E-state index contributed by atoms with van der Waals surface area (Å²) in [6.45, 7) is 0. The van der Waals surface area contributed by atoms with Gasteiger partial charge in [0.05, 0.1) is 7.11 Å². The number of methoxy groups -OCH3 is 1. The summed E-state index contributed by atoms with van der Waals surface area (Å²) in [5.74, 6) is -0.291. The number of ether oxygens (including phenoxy) is 1. The second-order valence-electron chi connectivity index (χ2n) is 2.67. The van der Waals surface area contributed by atoms with Crippen molar-refractivity contribution in [3.05, 3.63) is 0 Å². The highest BCUT2D eigenvalue weighted by molar-refractivity contribution is 5.74. The molecule has 3 heteroatoms. The highest BCUT2D eigenvalue weighted by Crippen LogP contribution is 2.34. The number of rotatable bonds is 3. The van der Waals surface area contributed by atoms with Gasteiger partial charge in [-0.25, -0.2) is 9.18 Å². The standard InChI is InChI=1S/C7H11FO2/c1-10-7(9)6(8)4-5-2-3-5/h5-6H,2-4H2,1H3. The fraction of sp³-hybridized carbons (Fsp3) is 0.857. The zero-order chi connectivity index (χ0) is 7.56. The maximum atomic E-state index is 12.6. The van der Waals surface area contributed by atoms with Gasteiger partial charge in [-0.05, 0) is 12.3 Å². The molecule has 0 saturated heterocycles. The van der Waals surface area contributed by atoms with Crippen molar-refractivity contribution in [3.8, 4) is 0 Å². The first-order valence-electron chi connectivity index (χ1n) is 3.46. The van der Waals surface area contributed by atoms with Crippen LogP contribution in [0.4, 0.5) is 4.39 Å². The number of esters is 1. The van der Waals surface area contributed by atoms with E-state index in [1.54, 1.807) is 0 Å². The summed E-state index contributed by atoms with van der Waals surface area (Å²) >= 11 is 0. The molecule has 2 nitrogen and oxygen atoms in total. The van der Waals surface area contributed by atoms with Crippen molar-refractivity contribution in [2.45, 2.75) is 25.4 Å². The smallest absolute Gasteiger partial charge is 0.340 e. The molecule has 0 aromatic heterocycles. The van der Waals surface area contributed by atoms with Gasteiger partial charge in [-0.3, -0.25) is 0 Å². The minimum atomic E-state index is -1.39. The highest BCUT2D eigenvalue weighted by Gasteiger charge is 2.29. The Hall–Kier alpha value is -0.600. The number of halogens is 1. The molecule has 10 heavy (non-hydrogen) atoms. The van der Waals surface area contributed by atoms with Crippen LogP contribution in [0.3, 0.4) is 0 Å². The SMILES string of the molecule is COC(=O)C(F)CC1CC1. The van der Waals surface area contributed by atoms with Crippen LogP contribution in [0.5, 0.6) is 0 Å². The van der Waals surface area contributed by atoms with Crippen molar-refractivity contribution < 1.29 is 13.9 Å². The molecular formula is C7H11FO2. The van der Waals surface area contributed by atoms with E-state index in [-0.39, 0.29) is 0 Å². The van der Waals surface area contributed by atoms with E-state index >= 15 is 0 Å². The molecule has 1 aliphatic rings. The van der Waals surface area contributed by atoms with Gasteiger partial charge in [-0.2, -0.15) is 0 Å². The van der Waals surface area contributed by atoms with Gasteiger partial charge in [-0.15, -0.1) is 0 Å². The van der Waals surface area contributed by atoms with Crippen molar-refractivity contribution in [3.63, 3.8) is 0 Å². The molecule has 1 saturated carbocycles. The quantitative estimate of drug-likeness (QED) is 0.561. The zero-order valence-electron chi connectivity index (χ0n) is 5.97. The Labute approximate surface area is 59.4 Å². The molecule has 0 amide bonds. The van der Waals surface area contributed by atoms with Gasteiger partial charge >= 0.3 is 5.97 Å². The summed E-state index contributed by atoms with van der Waals surface area (Å²) in [5, 5.41) is 0. The van der Waals surface area contributed by atoms with E-state index in [4.69, 9.17) is 0 Å². The fourth-order valence-corrected chi connectivity index (χ4v) is 0.870. The van der Waals surface area contributed by atoms with Crippen LogP contribution < -0.4 is 0 Å². The molecule has 1 unspecified atom stereocenters. The third kappa shape index (κ3) is 1.97. The molecule has 1 fully saturated rings. The third-order valence-electron chi connectivity index (χ3n) is 1.69. The summed E-state index contributed by atoms with van der Waals surface area (Å²) in [7, 11) is 1.21. The number of carbonyl (C=O) groups is 1. The van der Waals surface area contributed by atoms with Gasteiger partial charge in [0.1, 0.15) is 0 Å². The van der Waals surface area contributed by atoms with Gasteiger partial charge < -0.3 is 4.74 Å². The van der Waals surface area contributed by atoms with E-state index in [1.807, 2.05) is 0 Å². The van der Waals surface area contributed by atoms with Crippen LogP contribution in [0, 0.1) is 5.92 Å². The molecule has 0 aromatic carbocycles. The van der Waals surface area contributed by atoms with Crippen LogP contribution in [-0.4, -0.2) is 19.3 Å². The van der Waals surface area contributed by atoms with Crippen molar-refractivity contribution in [2.24, 2.45) is 5.92 Å². The molecule has 0 heterocycles. The van der Waals surface area contributed by atoms with Gasteiger partial charge in [0, 0.05) is 0 Å².